The highest BCUT2D eigenvalue weighted by atomic mass is 32.2. The van der Waals surface area contributed by atoms with Crippen molar-refractivity contribution in [3.63, 3.8) is 0 Å². The number of hydrogen-bond donors (Lipinski definition) is 2. The molecular weight excluding hydrogens is 278 g/mol. The molecule has 6 heteroatoms. The Bertz CT molecular complexity index is 484. The summed E-state index contributed by atoms with van der Waals surface area (Å²) in [7, 11) is 1.34. The fraction of sp³-hybridized carbons (Fsp3) is 0.429. The molecule has 0 aliphatic heterocycles. The van der Waals surface area contributed by atoms with Crippen LogP contribution in [-0.4, -0.2) is 34.9 Å². The summed E-state index contributed by atoms with van der Waals surface area (Å²) in [6, 6.07) is 6.09. The van der Waals surface area contributed by atoms with Crippen LogP contribution in [0.5, 0.6) is 0 Å². The molecule has 1 aromatic carbocycles. The Balaban J connectivity index is 2.66. The lowest BCUT2D eigenvalue weighted by molar-refractivity contribution is -0.139. The van der Waals surface area contributed by atoms with Gasteiger partial charge >= 0.3 is 11.9 Å². The lowest BCUT2D eigenvalue weighted by atomic mass is 10.1. The maximum atomic E-state index is 11.3. The van der Waals surface area contributed by atoms with E-state index in [1.165, 1.54) is 18.9 Å². The molecule has 20 heavy (non-hydrogen) atoms. The Morgan fingerprint density at radius 3 is 2.35 bits per heavy atom. The van der Waals surface area contributed by atoms with Crippen molar-refractivity contribution in [3.8, 4) is 0 Å². The SMILES string of the molecule is COC(=O)c1ccc(CSC(C)(C)[C@@H](N)C(=O)O)cc1. The monoisotopic (exact) mass is 297 g/mol. The van der Waals surface area contributed by atoms with Gasteiger partial charge in [-0.1, -0.05) is 12.1 Å². The van der Waals surface area contributed by atoms with Crippen LogP contribution in [0.15, 0.2) is 24.3 Å². The van der Waals surface area contributed by atoms with Gasteiger partial charge in [-0.15, -0.1) is 11.8 Å². The van der Waals surface area contributed by atoms with Crippen molar-refractivity contribution in [2.45, 2.75) is 30.4 Å². The molecule has 0 bridgehead atoms. The summed E-state index contributed by atoms with van der Waals surface area (Å²) in [4.78, 5) is 22.2. The van der Waals surface area contributed by atoms with E-state index in [0.717, 1.165) is 5.56 Å². The molecule has 1 aromatic rings. The summed E-state index contributed by atoms with van der Waals surface area (Å²) in [5, 5.41) is 8.95. The highest BCUT2D eigenvalue weighted by Crippen LogP contribution is 2.30. The van der Waals surface area contributed by atoms with E-state index in [9.17, 15) is 9.59 Å². The number of carbonyl (C=O) groups is 2. The average Bonchev–Trinajstić information content (AvgIpc) is 2.44. The molecule has 0 heterocycles. The molecule has 3 N–H and O–H groups in total. The molecule has 0 aliphatic carbocycles. The Kier molecular flexibility index (Phi) is 5.59. The molecule has 1 atom stereocenters. The Labute approximate surface area is 122 Å². The van der Waals surface area contributed by atoms with Crippen LogP contribution >= 0.6 is 11.8 Å². The maximum Gasteiger partial charge on any atom is 0.337 e. The van der Waals surface area contributed by atoms with E-state index in [2.05, 4.69) is 4.74 Å². The normalized spacial score (nSPS) is 12.8. The molecule has 0 saturated carbocycles. The zero-order valence-corrected chi connectivity index (χ0v) is 12.6. The minimum atomic E-state index is -1.01. The molecule has 0 fully saturated rings. The van der Waals surface area contributed by atoms with Gasteiger partial charge in [0.25, 0.3) is 0 Å². The first kappa shape index (κ1) is 16.5. The molecule has 1 rings (SSSR count). The van der Waals surface area contributed by atoms with Crippen LogP contribution in [0.4, 0.5) is 0 Å². The summed E-state index contributed by atoms with van der Waals surface area (Å²) in [6.45, 7) is 3.61. The van der Waals surface area contributed by atoms with Gasteiger partial charge in [-0.05, 0) is 31.5 Å². The van der Waals surface area contributed by atoms with Crippen molar-refractivity contribution in [2.75, 3.05) is 7.11 Å². The number of carboxylic acid groups (broad SMARTS) is 1. The zero-order chi connectivity index (χ0) is 15.3. The number of esters is 1. The summed E-state index contributed by atoms with van der Waals surface area (Å²) in [6.07, 6.45) is 0. The van der Waals surface area contributed by atoms with Crippen LogP contribution in [0, 0.1) is 0 Å². The maximum absolute atomic E-state index is 11.3. The van der Waals surface area contributed by atoms with Gasteiger partial charge in [0.2, 0.25) is 0 Å². The van der Waals surface area contributed by atoms with Gasteiger partial charge in [0, 0.05) is 10.5 Å². The zero-order valence-electron chi connectivity index (χ0n) is 11.8. The number of nitrogens with two attached hydrogens (primary N) is 1. The van der Waals surface area contributed by atoms with Gasteiger partial charge in [0.05, 0.1) is 12.7 Å². The van der Waals surface area contributed by atoms with Crippen LogP contribution in [0.1, 0.15) is 29.8 Å². The highest BCUT2D eigenvalue weighted by molar-refractivity contribution is 7.99. The van der Waals surface area contributed by atoms with Crippen LogP contribution in [0.3, 0.4) is 0 Å². The molecule has 110 valence electrons. The van der Waals surface area contributed by atoms with Gasteiger partial charge in [0.15, 0.2) is 0 Å². The summed E-state index contributed by atoms with van der Waals surface area (Å²) < 4.78 is 4.05. The molecule has 0 amide bonds. The third-order valence-corrected chi connectivity index (χ3v) is 4.48. The van der Waals surface area contributed by atoms with Crippen LogP contribution in [0.25, 0.3) is 0 Å². The van der Waals surface area contributed by atoms with E-state index in [1.54, 1.807) is 26.0 Å². The Hall–Kier alpha value is -1.53. The predicted octanol–water partition coefficient (Wildman–Crippen LogP) is 1.90. The highest BCUT2D eigenvalue weighted by Gasteiger charge is 2.32. The first-order valence-corrected chi connectivity index (χ1v) is 7.06. The third-order valence-electron chi connectivity index (χ3n) is 3.00. The second-order valence-electron chi connectivity index (χ2n) is 4.90. The summed E-state index contributed by atoms with van der Waals surface area (Å²) in [5.74, 6) is -0.768. The standard InChI is InChI=1S/C14H19NO4S/c1-14(2,11(15)12(16)17)20-8-9-4-6-10(7-5-9)13(18)19-3/h4-7,11H,8,15H2,1-3H3,(H,16,17)/t11-/m0/s1. The van der Waals surface area contributed by atoms with Gasteiger partial charge < -0.3 is 15.6 Å². The number of thioether (sulfide) groups is 1. The minimum absolute atomic E-state index is 0.377. The number of hydrogen-bond acceptors (Lipinski definition) is 5. The predicted molar refractivity (Wildman–Crippen MR) is 78.8 cm³/mol. The van der Waals surface area contributed by atoms with Gasteiger partial charge in [-0.25, -0.2) is 4.79 Å². The van der Waals surface area contributed by atoms with Gasteiger partial charge in [-0.2, -0.15) is 0 Å². The number of aliphatic carboxylic acids is 1. The van der Waals surface area contributed by atoms with Crippen molar-refractivity contribution in [1.82, 2.24) is 0 Å². The first-order chi connectivity index (χ1) is 9.27. The molecule has 5 nitrogen and oxygen atoms in total. The van der Waals surface area contributed by atoms with Crippen molar-refractivity contribution in [1.29, 1.82) is 0 Å². The lowest BCUT2D eigenvalue weighted by Gasteiger charge is -2.28. The molecule has 0 radical (unpaired) electrons. The van der Waals surface area contributed by atoms with Crippen molar-refractivity contribution in [3.05, 3.63) is 35.4 Å². The van der Waals surface area contributed by atoms with Crippen molar-refractivity contribution < 1.29 is 19.4 Å². The largest absolute Gasteiger partial charge is 0.480 e. The molecule has 0 spiro atoms. The smallest absolute Gasteiger partial charge is 0.337 e. The molecule has 0 saturated heterocycles. The fourth-order valence-electron chi connectivity index (χ4n) is 1.51. The van der Waals surface area contributed by atoms with Crippen molar-refractivity contribution in [2.24, 2.45) is 5.73 Å². The summed E-state index contributed by atoms with van der Waals surface area (Å²) in [5.41, 5.74) is 7.14. The lowest BCUT2D eigenvalue weighted by Crippen LogP contribution is -2.46. The quantitative estimate of drug-likeness (QED) is 0.779. The Morgan fingerprint density at radius 2 is 1.90 bits per heavy atom. The van der Waals surface area contributed by atoms with E-state index < -0.39 is 16.8 Å². The number of benzene rings is 1. The molecular formula is C14H19NO4S. The summed E-state index contributed by atoms with van der Waals surface area (Å²) >= 11 is 1.47. The number of carbonyl (C=O) groups excluding carboxylic acids is 1. The number of carboxylic acids is 1. The van der Waals surface area contributed by atoms with Crippen LogP contribution < -0.4 is 5.73 Å². The fourth-order valence-corrected chi connectivity index (χ4v) is 2.52. The van der Waals surface area contributed by atoms with Crippen molar-refractivity contribution >= 4 is 23.7 Å². The number of methoxy groups -OCH3 is 1. The van der Waals surface area contributed by atoms with E-state index in [0.29, 0.717) is 11.3 Å². The molecule has 0 aromatic heterocycles. The number of ether oxygens (including phenoxy) is 1. The second kappa shape index (κ2) is 6.76. The van der Waals surface area contributed by atoms with Crippen LogP contribution in [-0.2, 0) is 15.3 Å². The topological polar surface area (TPSA) is 89.6 Å². The average molecular weight is 297 g/mol. The third kappa shape index (κ3) is 4.25. The van der Waals surface area contributed by atoms with Gasteiger partial charge in [0.1, 0.15) is 6.04 Å². The molecule has 0 unspecified atom stereocenters. The number of rotatable bonds is 6. The second-order valence-corrected chi connectivity index (χ2v) is 6.53. The van der Waals surface area contributed by atoms with E-state index in [1.807, 2.05) is 12.1 Å². The van der Waals surface area contributed by atoms with E-state index >= 15 is 0 Å². The molecule has 0 aliphatic rings. The van der Waals surface area contributed by atoms with Crippen LogP contribution in [0.2, 0.25) is 0 Å². The minimum Gasteiger partial charge on any atom is -0.480 e. The van der Waals surface area contributed by atoms with E-state index in [4.69, 9.17) is 10.8 Å². The first-order valence-electron chi connectivity index (χ1n) is 6.07. The Morgan fingerprint density at radius 1 is 1.35 bits per heavy atom. The van der Waals surface area contributed by atoms with E-state index in [-0.39, 0.29) is 5.97 Å². The van der Waals surface area contributed by atoms with Gasteiger partial charge in [-0.3, -0.25) is 4.79 Å².